The summed E-state index contributed by atoms with van der Waals surface area (Å²) >= 11 is 0. The molecule has 0 radical (unpaired) electrons. The van der Waals surface area contributed by atoms with E-state index >= 15 is 0 Å². The van der Waals surface area contributed by atoms with E-state index in [0.29, 0.717) is 32.2 Å². The molecule has 0 spiro atoms. The van der Waals surface area contributed by atoms with E-state index < -0.39 is 0 Å². The standard InChI is InChI=1S/C17H28N2O3/c1-4-21-15-7-9-16(10-8-15)22-13-12-19-17(20)18-11-5-6-14(2)3/h7-10,14H,4-6,11-13H2,1-3H3,(H2,18,19,20). The number of nitrogens with one attached hydrogen (secondary N) is 2. The van der Waals surface area contributed by atoms with Crippen LogP contribution in [0.15, 0.2) is 24.3 Å². The van der Waals surface area contributed by atoms with Crippen molar-refractivity contribution >= 4 is 6.03 Å². The number of carbonyl (C=O) groups is 1. The number of hydrogen-bond acceptors (Lipinski definition) is 3. The average Bonchev–Trinajstić information content (AvgIpc) is 2.50. The molecule has 1 aromatic rings. The first-order chi connectivity index (χ1) is 10.6. The highest BCUT2D eigenvalue weighted by atomic mass is 16.5. The van der Waals surface area contributed by atoms with Gasteiger partial charge in [0.15, 0.2) is 0 Å². The van der Waals surface area contributed by atoms with Gasteiger partial charge in [-0.05, 0) is 49.9 Å². The van der Waals surface area contributed by atoms with Crippen molar-refractivity contribution in [3.8, 4) is 11.5 Å². The maximum Gasteiger partial charge on any atom is 0.314 e. The molecule has 2 amide bonds. The second-order valence-corrected chi connectivity index (χ2v) is 5.47. The zero-order valence-corrected chi connectivity index (χ0v) is 13.9. The number of amides is 2. The minimum atomic E-state index is -0.140. The summed E-state index contributed by atoms with van der Waals surface area (Å²) in [6.07, 6.45) is 2.13. The number of carbonyl (C=O) groups excluding carboxylic acids is 1. The molecule has 1 aromatic carbocycles. The monoisotopic (exact) mass is 308 g/mol. The lowest BCUT2D eigenvalue weighted by Gasteiger charge is -2.10. The molecular formula is C17H28N2O3. The molecule has 0 fully saturated rings. The fourth-order valence-electron chi connectivity index (χ4n) is 1.91. The average molecular weight is 308 g/mol. The lowest BCUT2D eigenvalue weighted by molar-refractivity contribution is 0.236. The molecule has 22 heavy (non-hydrogen) atoms. The summed E-state index contributed by atoms with van der Waals surface area (Å²) in [7, 11) is 0. The van der Waals surface area contributed by atoms with Crippen LogP contribution >= 0.6 is 0 Å². The molecule has 0 heterocycles. The molecule has 0 aromatic heterocycles. The van der Waals surface area contributed by atoms with Crippen molar-refractivity contribution in [3.63, 3.8) is 0 Å². The molecule has 0 saturated heterocycles. The zero-order chi connectivity index (χ0) is 16.2. The Morgan fingerprint density at radius 2 is 1.64 bits per heavy atom. The lowest BCUT2D eigenvalue weighted by atomic mass is 10.1. The van der Waals surface area contributed by atoms with Crippen molar-refractivity contribution in [1.82, 2.24) is 10.6 Å². The Kier molecular flexibility index (Phi) is 8.88. The Hall–Kier alpha value is -1.91. The molecule has 0 unspecified atom stereocenters. The Morgan fingerprint density at radius 3 is 2.23 bits per heavy atom. The molecular weight excluding hydrogens is 280 g/mol. The fourth-order valence-corrected chi connectivity index (χ4v) is 1.91. The topological polar surface area (TPSA) is 59.6 Å². The van der Waals surface area contributed by atoms with E-state index in [-0.39, 0.29) is 6.03 Å². The Labute approximate surface area is 133 Å². The van der Waals surface area contributed by atoms with Gasteiger partial charge in [0.25, 0.3) is 0 Å². The third-order valence-corrected chi connectivity index (χ3v) is 3.03. The molecule has 0 aliphatic rings. The van der Waals surface area contributed by atoms with Crippen molar-refractivity contribution in [3.05, 3.63) is 24.3 Å². The fraction of sp³-hybridized carbons (Fsp3) is 0.588. The van der Waals surface area contributed by atoms with E-state index in [0.717, 1.165) is 24.3 Å². The van der Waals surface area contributed by atoms with Crippen molar-refractivity contribution in [2.75, 3.05) is 26.3 Å². The van der Waals surface area contributed by atoms with Gasteiger partial charge in [0.05, 0.1) is 13.2 Å². The summed E-state index contributed by atoms with van der Waals surface area (Å²) in [4.78, 5) is 11.5. The molecule has 0 aliphatic carbocycles. The van der Waals surface area contributed by atoms with Crippen LogP contribution in [0.2, 0.25) is 0 Å². The van der Waals surface area contributed by atoms with E-state index in [1.807, 2.05) is 31.2 Å². The van der Waals surface area contributed by atoms with Gasteiger partial charge in [-0.1, -0.05) is 13.8 Å². The van der Waals surface area contributed by atoms with E-state index in [9.17, 15) is 4.79 Å². The van der Waals surface area contributed by atoms with Gasteiger partial charge < -0.3 is 20.1 Å². The number of ether oxygens (including phenoxy) is 2. The van der Waals surface area contributed by atoms with E-state index in [2.05, 4.69) is 24.5 Å². The summed E-state index contributed by atoms with van der Waals surface area (Å²) in [6.45, 7) is 8.58. The second kappa shape index (κ2) is 10.8. The summed E-state index contributed by atoms with van der Waals surface area (Å²) < 4.78 is 10.9. The van der Waals surface area contributed by atoms with Crippen LogP contribution in [-0.2, 0) is 0 Å². The van der Waals surface area contributed by atoms with Gasteiger partial charge in [0, 0.05) is 6.54 Å². The van der Waals surface area contributed by atoms with Crippen LogP contribution in [0, 0.1) is 5.92 Å². The van der Waals surface area contributed by atoms with Gasteiger partial charge in [-0.3, -0.25) is 0 Å². The predicted octanol–water partition coefficient (Wildman–Crippen LogP) is 3.20. The molecule has 5 nitrogen and oxygen atoms in total. The molecule has 0 atom stereocenters. The van der Waals surface area contributed by atoms with Gasteiger partial charge in [-0.15, -0.1) is 0 Å². The van der Waals surface area contributed by atoms with Crippen molar-refractivity contribution in [1.29, 1.82) is 0 Å². The minimum Gasteiger partial charge on any atom is -0.494 e. The number of benzene rings is 1. The SMILES string of the molecule is CCOc1ccc(OCCNC(=O)NCCCC(C)C)cc1. The first kappa shape index (κ1) is 18.1. The Bertz CT molecular complexity index is 418. The number of urea groups is 1. The number of hydrogen-bond donors (Lipinski definition) is 2. The summed E-state index contributed by atoms with van der Waals surface area (Å²) in [5.74, 6) is 2.27. The predicted molar refractivity (Wildman–Crippen MR) is 88.6 cm³/mol. The third kappa shape index (κ3) is 8.39. The highest BCUT2D eigenvalue weighted by molar-refractivity contribution is 5.73. The maximum atomic E-state index is 11.5. The minimum absolute atomic E-state index is 0.140. The number of rotatable bonds is 10. The van der Waals surface area contributed by atoms with Crippen LogP contribution in [0.3, 0.4) is 0 Å². The van der Waals surface area contributed by atoms with E-state index in [4.69, 9.17) is 9.47 Å². The van der Waals surface area contributed by atoms with E-state index in [1.54, 1.807) is 0 Å². The summed E-state index contributed by atoms with van der Waals surface area (Å²) in [5, 5.41) is 5.61. The second-order valence-electron chi connectivity index (χ2n) is 5.47. The van der Waals surface area contributed by atoms with Crippen LogP contribution < -0.4 is 20.1 Å². The Morgan fingerprint density at radius 1 is 1.05 bits per heavy atom. The normalized spacial score (nSPS) is 10.4. The van der Waals surface area contributed by atoms with E-state index in [1.165, 1.54) is 0 Å². The van der Waals surface area contributed by atoms with Gasteiger partial charge in [-0.2, -0.15) is 0 Å². The molecule has 0 aliphatic heterocycles. The van der Waals surface area contributed by atoms with Crippen LogP contribution in [0.4, 0.5) is 4.79 Å². The third-order valence-electron chi connectivity index (χ3n) is 3.03. The molecule has 5 heteroatoms. The molecule has 124 valence electrons. The smallest absolute Gasteiger partial charge is 0.314 e. The lowest BCUT2D eigenvalue weighted by Crippen LogP contribution is -2.38. The van der Waals surface area contributed by atoms with Crippen LogP contribution in [0.25, 0.3) is 0 Å². The first-order valence-electron chi connectivity index (χ1n) is 7.99. The Balaban J connectivity index is 2.07. The van der Waals surface area contributed by atoms with Crippen LogP contribution in [-0.4, -0.2) is 32.3 Å². The first-order valence-corrected chi connectivity index (χ1v) is 7.99. The van der Waals surface area contributed by atoms with Crippen molar-refractivity contribution < 1.29 is 14.3 Å². The van der Waals surface area contributed by atoms with Gasteiger partial charge in [0.1, 0.15) is 18.1 Å². The zero-order valence-electron chi connectivity index (χ0n) is 13.9. The van der Waals surface area contributed by atoms with Crippen molar-refractivity contribution in [2.24, 2.45) is 5.92 Å². The molecule has 1 rings (SSSR count). The highest BCUT2D eigenvalue weighted by Crippen LogP contribution is 2.17. The maximum absolute atomic E-state index is 11.5. The summed E-state index contributed by atoms with van der Waals surface area (Å²) in [6, 6.07) is 7.31. The van der Waals surface area contributed by atoms with Gasteiger partial charge in [0.2, 0.25) is 0 Å². The molecule has 2 N–H and O–H groups in total. The van der Waals surface area contributed by atoms with Crippen LogP contribution in [0.1, 0.15) is 33.6 Å². The quantitative estimate of drug-likeness (QED) is 0.653. The molecule has 0 bridgehead atoms. The van der Waals surface area contributed by atoms with Crippen LogP contribution in [0.5, 0.6) is 11.5 Å². The largest absolute Gasteiger partial charge is 0.494 e. The molecule has 0 saturated carbocycles. The van der Waals surface area contributed by atoms with Gasteiger partial charge >= 0.3 is 6.03 Å². The van der Waals surface area contributed by atoms with Gasteiger partial charge in [-0.25, -0.2) is 4.79 Å². The van der Waals surface area contributed by atoms with Crippen molar-refractivity contribution in [2.45, 2.75) is 33.6 Å². The highest BCUT2D eigenvalue weighted by Gasteiger charge is 2.00. The summed E-state index contributed by atoms with van der Waals surface area (Å²) in [5.41, 5.74) is 0.